The monoisotopic (exact) mass is 452 g/mol. The van der Waals surface area contributed by atoms with Crippen LogP contribution >= 0.6 is 0 Å². The summed E-state index contributed by atoms with van der Waals surface area (Å²) in [6, 6.07) is 20.3. The number of likely N-dealkylation sites (tertiary alicyclic amines) is 1. The van der Waals surface area contributed by atoms with Crippen molar-refractivity contribution in [1.29, 1.82) is 0 Å². The third kappa shape index (κ3) is 4.08. The zero-order chi connectivity index (χ0) is 23.0. The number of nitrogens with zero attached hydrogens (tertiary/aromatic N) is 4. The van der Waals surface area contributed by atoms with E-state index in [1.54, 1.807) is 25.6 Å². The molecule has 0 aliphatic carbocycles. The molecule has 7 nitrogen and oxygen atoms in total. The summed E-state index contributed by atoms with van der Waals surface area (Å²) in [5.41, 5.74) is 3.81. The van der Waals surface area contributed by atoms with Crippen molar-refractivity contribution in [2.24, 2.45) is 13.0 Å². The first kappa shape index (κ1) is 22.2. The lowest BCUT2D eigenvalue weighted by Gasteiger charge is -2.45. The Kier molecular flexibility index (Phi) is 5.92. The third-order valence-corrected chi connectivity index (χ3v) is 7.09. The molecule has 0 bridgehead atoms. The quantitative estimate of drug-likeness (QED) is 0.575. The van der Waals surface area contributed by atoms with Crippen LogP contribution in [0.4, 0.5) is 5.69 Å². The first-order valence-electron chi connectivity index (χ1n) is 10.6. The third-order valence-electron chi connectivity index (χ3n) is 6.06. The van der Waals surface area contributed by atoms with Crippen LogP contribution in [-0.4, -0.2) is 48.4 Å². The molecule has 1 saturated heterocycles. The molecule has 3 aromatic rings. The standard InChI is InChI=1S/C24H28N4O3S/c1-17-22(18(2)26(3)25-17)28(32(4,30)31)24(29)21-15-27(16-21)23(19-11-7-5-8-12-19)20-13-9-6-10-14-20/h5-14,21,23H,15-16H2,1-4H3. The minimum Gasteiger partial charge on any atom is -0.291 e. The molecule has 4 rings (SSSR count). The van der Waals surface area contributed by atoms with Crippen molar-refractivity contribution < 1.29 is 13.2 Å². The molecule has 2 aromatic carbocycles. The van der Waals surface area contributed by atoms with Gasteiger partial charge >= 0.3 is 0 Å². The van der Waals surface area contributed by atoms with E-state index in [-0.39, 0.29) is 6.04 Å². The molecule has 0 unspecified atom stereocenters. The normalized spacial score (nSPS) is 15.0. The van der Waals surface area contributed by atoms with Crippen LogP contribution in [0.25, 0.3) is 0 Å². The van der Waals surface area contributed by atoms with Crippen molar-refractivity contribution in [2.45, 2.75) is 19.9 Å². The van der Waals surface area contributed by atoms with Crippen molar-refractivity contribution in [2.75, 3.05) is 23.7 Å². The Labute approximate surface area is 189 Å². The topological polar surface area (TPSA) is 75.5 Å². The molecule has 0 spiro atoms. The highest BCUT2D eigenvalue weighted by Crippen LogP contribution is 2.36. The van der Waals surface area contributed by atoms with Crippen LogP contribution in [-0.2, 0) is 21.9 Å². The van der Waals surface area contributed by atoms with Gasteiger partial charge in [0, 0.05) is 20.1 Å². The average Bonchev–Trinajstić information content (AvgIpc) is 2.97. The molecule has 1 aliphatic rings. The molecule has 0 saturated carbocycles. The molecule has 1 aromatic heterocycles. The summed E-state index contributed by atoms with van der Waals surface area (Å²) in [5, 5.41) is 4.30. The molecular formula is C24H28N4O3S. The summed E-state index contributed by atoms with van der Waals surface area (Å²) in [5.74, 6) is -0.804. The molecule has 0 atom stereocenters. The number of aryl methyl sites for hydroxylation is 2. The van der Waals surface area contributed by atoms with Crippen LogP contribution < -0.4 is 4.31 Å². The molecule has 1 aliphatic heterocycles. The summed E-state index contributed by atoms with van der Waals surface area (Å²) in [4.78, 5) is 15.6. The highest BCUT2D eigenvalue weighted by atomic mass is 32.2. The number of hydrogen-bond acceptors (Lipinski definition) is 5. The van der Waals surface area contributed by atoms with Gasteiger partial charge in [0.15, 0.2) is 0 Å². The predicted octanol–water partition coefficient (Wildman–Crippen LogP) is 3.05. The predicted molar refractivity (Wildman–Crippen MR) is 125 cm³/mol. The number of benzene rings is 2. The number of sulfonamides is 1. The Hall–Kier alpha value is -2.97. The van der Waals surface area contributed by atoms with Crippen molar-refractivity contribution in [1.82, 2.24) is 14.7 Å². The summed E-state index contributed by atoms with van der Waals surface area (Å²) in [6.45, 7) is 4.46. The van der Waals surface area contributed by atoms with Gasteiger partial charge < -0.3 is 0 Å². The van der Waals surface area contributed by atoms with Gasteiger partial charge in [0.1, 0.15) is 5.69 Å². The Bertz CT molecular complexity index is 1180. The minimum atomic E-state index is -3.80. The number of carbonyl (C=O) groups excluding carboxylic acids is 1. The maximum absolute atomic E-state index is 13.4. The molecular weight excluding hydrogens is 424 g/mol. The molecule has 2 heterocycles. The first-order valence-corrected chi connectivity index (χ1v) is 12.4. The van der Waals surface area contributed by atoms with Crippen LogP contribution in [0.1, 0.15) is 28.6 Å². The SMILES string of the molecule is Cc1nn(C)c(C)c1N(C(=O)C1CN(C(c2ccccc2)c2ccccc2)C1)S(C)(=O)=O. The Balaban J connectivity index is 1.61. The van der Waals surface area contributed by atoms with E-state index in [0.717, 1.165) is 21.7 Å². The van der Waals surface area contributed by atoms with Crippen molar-refractivity contribution in [3.05, 3.63) is 83.2 Å². The van der Waals surface area contributed by atoms with Crippen LogP contribution in [0.5, 0.6) is 0 Å². The van der Waals surface area contributed by atoms with Crippen LogP contribution in [0.15, 0.2) is 60.7 Å². The Morgan fingerprint density at radius 2 is 1.50 bits per heavy atom. The second-order valence-corrected chi connectivity index (χ2v) is 10.2. The zero-order valence-electron chi connectivity index (χ0n) is 18.8. The van der Waals surface area contributed by atoms with Crippen molar-refractivity contribution in [3.8, 4) is 0 Å². The lowest BCUT2D eigenvalue weighted by molar-refractivity contribution is -0.127. The van der Waals surface area contributed by atoms with Crippen LogP contribution in [0.3, 0.4) is 0 Å². The van der Waals surface area contributed by atoms with Gasteiger partial charge in [-0.15, -0.1) is 0 Å². The second kappa shape index (κ2) is 8.52. The molecule has 1 fully saturated rings. The molecule has 32 heavy (non-hydrogen) atoms. The lowest BCUT2D eigenvalue weighted by Crippen LogP contribution is -2.56. The molecule has 0 radical (unpaired) electrons. The minimum absolute atomic E-state index is 0.00926. The lowest BCUT2D eigenvalue weighted by atomic mass is 9.90. The van der Waals surface area contributed by atoms with E-state index in [1.807, 2.05) is 36.4 Å². The van der Waals surface area contributed by atoms with E-state index < -0.39 is 21.8 Å². The molecule has 168 valence electrons. The van der Waals surface area contributed by atoms with Gasteiger partial charge in [-0.3, -0.25) is 14.4 Å². The first-order chi connectivity index (χ1) is 15.2. The van der Waals surface area contributed by atoms with Crippen molar-refractivity contribution >= 4 is 21.6 Å². The maximum atomic E-state index is 13.4. The Morgan fingerprint density at radius 3 is 1.91 bits per heavy atom. The number of aromatic nitrogens is 2. The molecule has 8 heteroatoms. The summed E-state index contributed by atoms with van der Waals surface area (Å²) in [7, 11) is -2.06. The van der Waals surface area contributed by atoms with E-state index in [0.29, 0.717) is 30.2 Å². The number of amides is 1. The van der Waals surface area contributed by atoms with Gasteiger partial charge in [-0.05, 0) is 25.0 Å². The van der Waals surface area contributed by atoms with Gasteiger partial charge in [0.05, 0.1) is 29.6 Å². The largest absolute Gasteiger partial charge is 0.291 e. The summed E-state index contributed by atoms with van der Waals surface area (Å²) in [6.07, 6.45) is 1.07. The van der Waals surface area contributed by atoms with E-state index in [9.17, 15) is 13.2 Å². The molecule has 1 amide bonds. The van der Waals surface area contributed by atoms with E-state index in [4.69, 9.17) is 0 Å². The number of carbonyl (C=O) groups is 1. The van der Waals surface area contributed by atoms with Crippen LogP contribution in [0.2, 0.25) is 0 Å². The van der Waals surface area contributed by atoms with Gasteiger partial charge in [-0.1, -0.05) is 60.7 Å². The Morgan fingerprint density at radius 1 is 1.00 bits per heavy atom. The van der Waals surface area contributed by atoms with E-state index >= 15 is 0 Å². The van der Waals surface area contributed by atoms with Crippen molar-refractivity contribution in [3.63, 3.8) is 0 Å². The summed E-state index contributed by atoms with van der Waals surface area (Å²) < 4.78 is 27.8. The number of hydrogen-bond donors (Lipinski definition) is 0. The number of anilines is 1. The smallest absolute Gasteiger partial charge is 0.246 e. The van der Waals surface area contributed by atoms with Crippen LogP contribution in [0, 0.1) is 19.8 Å². The highest BCUT2D eigenvalue weighted by molar-refractivity contribution is 7.92. The fourth-order valence-corrected chi connectivity index (χ4v) is 5.50. The zero-order valence-corrected chi connectivity index (χ0v) is 19.6. The fraction of sp³-hybridized carbons (Fsp3) is 0.333. The number of rotatable bonds is 6. The maximum Gasteiger partial charge on any atom is 0.246 e. The van der Waals surface area contributed by atoms with E-state index in [2.05, 4.69) is 34.3 Å². The molecule has 0 N–H and O–H groups in total. The van der Waals surface area contributed by atoms with Gasteiger partial charge in [-0.2, -0.15) is 5.10 Å². The second-order valence-electron chi connectivity index (χ2n) is 8.38. The van der Waals surface area contributed by atoms with Gasteiger partial charge in [0.2, 0.25) is 15.9 Å². The fourth-order valence-electron chi connectivity index (χ4n) is 4.43. The van der Waals surface area contributed by atoms with E-state index in [1.165, 1.54) is 0 Å². The van der Waals surface area contributed by atoms with Gasteiger partial charge in [-0.25, -0.2) is 12.7 Å². The highest BCUT2D eigenvalue weighted by Gasteiger charge is 2.43. The average molecular weight is 453 g/mol. The van der Waals surface area contributed by atoms with Gasteiger partial charge in [0.25, 0.3) is 0 Å². The summed E-state index contributed by atoms with van der Waals surface area (Å²) >= 11 is 0.